The van der Waals surface area contributed by atoms with Crippen molar-refractivity contribution < 1.29 is 9.52 Å². The van der Waals surface area contributed by atoms with Gasteiger partial charge in [0.2, 0.25) is 5.89 Å². The number of aliphatic hydroxyl groups is 1. The molecule has 0 radical (unpaired) electrons. The van der Waals surface area contributed by atoms with Gasteiger partial charge in [-0.1, -0.05) is 6.07 Å². The van der Waals surface area contributed by atoms with Crippen LogP contribution < -0.4 is 0 Å². The van der Waals surface area contributed by atoms with Crippen molar-refractivity contribution in [1.82, 2.24) is 9.88 Å². The SMILES string of the molecule is Cc1oc(-c2cccs2)nc1CN1CCCC(CCO)C1. The molecule has 0 amide bonds. The van der Waals surface area contributed by atoms with Crippen molar-refractivity contribution in [3.05, 3.63) is 29.0 Å². The molecule has 114 valence electrons. The van der Waals surface area contributed by atoms with Crippen LogP contribution >= 0.6 is 11.3 Å². The highest BCUT2D eigenvalue weighted by Gasteiger charge is 2.22. The molecule has 0 spiro atoms. The summed E-state index contributed by atoms with van der Waals surface area (Å²) < 4.78 is 5.81. The van der Waals surface area contributed by atoms with Crippen LogP contribution in [-0.4, -0.2) is 34.7 Å². The van der Waals surface area contributed by atoms with E-state index in [0.717, 1.165) is 48.3 Å². The van der Waals surface area contributed by atoms with Gasteiger partial charge in [-0.05, 0) is 50.1 Å². The van der Waals surface area contributed by atoms with Gasteiger partial charge in [0.1, 0.15) is 5.76 Å². The molecule has 21 heavy (non-hydrogen) atoms. The molecule has 1 unspecified atom stereocenters. The van der Waals surface area contributed by atoms with Crippen LogP contribution in [0.1, 0.15) is 30.7 Å². The topological polar surface area (TPSA) is 49.5 Å². The van der Waals surface area contributed by atoms with E-state index in [0.29, 0.717) is 12.5 Å². The van der Waals surface area contributed by atoms with Crippen LogP contribution in [0, 0.1) is 12.8 Å². The second kappa shape index (κ2) is 6.73. The summed E-state index contributed by atoms with van der Waals surface area (Å²) >= 11 is 1.65. The van der Waals surface area contributed by atoms with Gasteiger partial charge < -0.3 is 9.52 Å². The third-order valence-corrected chi connectivity index (χ3v) is 5.00. The Labute approximate surface area is 129 Å². The van der Waals surface area contributed by atoms with Crippen molar-refractivity contribution in [2.24, 2.45) is 5.92 Å². The van der Waals surface area contributed by atoms with Crippen LogP contribution in [0.4, 0.5) is 0 Å². The normalized spacial score (nSPS) is 20.0. The van der Waals surface area contributed by atoms with Crippen molar-refractivity contribution in [1.29, 1.82) is 0 Å². The lowest BCUT2D eigenvalue weighted by Crippen LogP contribution is -2.35. The van der Waals surface area contributed by atoms with Crippen LogP contribution in [0.3, 0.4) is 0 Å². The molecule has 3 rings (SSSR count). The molecule has 5 heteroatoms. The number of nitrogens with zero attached hydrogens (tertiary/aromatic N) is 2. The van der Waals surface area contributed by atoms with Crippen molar-refractivity contribution in [2.75, 3.05) is 19.7 Å². The molecule has 1 aliphatic rings. The third kappa shape index (κ3) is 3.54. The van der Waals surface area contributed by atoms with Crippen molar-refractivity contribution >= 4 is 11.3 Å². The number of thiophene rings is 1. The number of aryl methyl sites for hydroxylation is 1. The van der Waals surface area contributed by atoms with E-state index in [1.54, 1.807) is 11.3 Å². The Hall–Kier alpha value is -1.17. The number of likely N-dealkylation sites (tertiary alicyclic amines) is 1. The zero-order valence-electron chi connectivity index (χ0n) is 12.4. The monoisotopic (exact) mass is 306 g/mol. The van der Waals surface area contributed by atoms with Crippen molar-refractivity contribution in [2.45, 2.75) is 32.7 Å². The second-order valence-electron chi connectivity index (χ2n) is 5.75. The molecule has 0 saturated carbocycles. The Balaban J connectivity index is 1.67. The standard InChI is InChI=1S/C16H22N2O2S/c1-12-14(17-16(20-12)15-5-3-9-21-15)11-18-7-2-4-13(10-18)6-8-19/h3,5,9,13,19H,2,4,6-8,10-11H2,1H3. The first kappa shape index (κ1) is 14.8. The zero-order chi connectivity index (χ0) is 14.7. The fourth-order valence-corrected chi connectivity index (χ4v) is 3.65. The lowest BCUT2D eigenvalue weighted by molar-refractivity contribution is 0.141. The Kier molecular flexibility index (Phi) is 4.73. The van der Waals surface area contributed by atoms with Crippen LogP contribution in [0.5, 0.6) is 0 Å². The molecule has 1 atom stereocenters. The maximum absolute atomic E-state index is 9.10. The van der Waals surface area contributed by atoms with Gasteiger partial charge in [-0.15, -0.1) is 11.3 Å². The third-order valence-electron chi connectivity index (χ3n) is 4.14. The smallest absolute Gasteiger partial charge is 0.236 e. The summed E-state index contributed by atoms with van der Waals surface area (Å²) in [6.45, 7) is 5.31. The summed E-state index contributed by atoms with van der Waals surface area (Å²) in [6.07, 6.45) is 3.35. The summed E-state index contributed by atoms with van der Waals surface area (Å²) in [7, 11) is 0. The van der Waals surface area contributed by atoms with Crippen molar-refractivity contribution in [3.63, 3.8) is 0 Å². The quantitative estimate of drug-likeness (QED) is 0.921. The van der Waals surface area contributed by atoms with E-state index in [1.165, 1.54) is 12.8 Å². The molecule has 2 aromatic heterocycles. The summed E-state index contributed by atoms with van der Waals surface area (Å²) in [5.74, 6) is 2.27. The highest BCUT2D eigenvalue weighted by atomic mass is 32.1. The highest BCUT2D eigenvalue weighted by molar-refractivity contribution is 7.13. The molecule has 2 aromatic rings. The maximum atomic E-state index is 9.10. The van der Waals surface area contributed by atoms with Gasteiger partial charge in [0.05, 0.1) is 10.6 Å². The largest absolute Gasteiger partial charge is 0.440 e. The summed E-state index contributed by atoms with van der Waals surface area (Å²) in [6, 6.07) is 4.06. The number of hydrogen-bond acceptors (Lipinski definition) is 5. The molecule has 1 saturated heterocycles. The average Bonchev–Trinajstić information content (AvgIpc) is 3.10. The average molecular weight is 306 g/mol. The molecule has 1 fully saturated rings. The van der Waals surface area contributed by atoms with E-state index in [1.807, 2.05) is 24.4 Å². The van der Waals surface area contributed by atoms with Gasteiger partial charge in [-0.3, -0.25) is 4.90 Å². The van der Waals surface area contributed by atoms with Crippen LogP contribution in [0.2, 0.25) is 0 Å². The summed E-state index contributed by atoms with van der Waals surface area (Å²) in [4.78, 5) is 8.19. The van der Waals surface area contributed by atoms with E-state index in [2.05, 4.69) is 9.88 Å². The zero-order valence-corrected chi connectivity index (χ0v) is 13.2. The Morgan fingerprint density at radius 1 is 1.52 bits per heavy atom. The van der Waals surface area contributed by atoms with E-state index in [9.17, 15) is 0 Å². The van der Waals surface area contributed by atoms with Crippen molar-refractivity contribution in [3.8, 4) is 10.8 Å². The van der Waals surface area contributed by atoms with Gasteiger partial charge in [-0.25, -0.2) is 4.98 Å². The highest BCUT2D eigenvalue weighted by Crippen LogP contribution is 2.27. The molecule has 1 N–H and O–H groups in total. The minimum atomic E-state index is 0.296. The number of rotatable bonds is 5. The summed E-state index contributed by atoms with van der Waals surface area (Å²) in [5.41, 5.74) is 1.04. The first-order valence-corrected chi connectivity index (χ1v) is 8.47. The molecule has 0 aromatic carbocycles. The van der Waals surface area contributed by atoms with Crippen LogP contribution in [-0.2, 0) is 6.54 Å². The first-order chi connectivity index (χ1) is 10.3. The molecule has 0 bridgehead atoms. The van der Waals surface area contributed by atoms with Gasteiger partial charge in [0, 0.05) is 19.7 Å². The van der Waals surface area contributed by atoms with Gasteiger partial charge in [0.25, 0.3) is 0 Å². The summed E-state index contributed by atoms with van der Waals surface area (Å²) in [5, 5.41) is 11.1. The number of aromatic nitrogens is 1. The van der Waals surface area contributed by atoms with Gasteiger partial charge in [-0.2, -0.15) is 0 Å². The molecule has 1 aliphatic heterocycles. The number of piperidine rings is 1. The fourth-order valence-electron chi connectivity index (χ4n) is 3.01. The lowest BCUT2D eigenvalue weighted by atomic mass is 9.95. The van der Waals surface area contributed by atoms with Gasteiger partial charge >= 0.3 is 0 Å². The maximum Gasteiger partial charge on any atom is 0.236 e. The number of oxazole rings is 1. The Bertz CT molecular complexity index is 563. The lowest BCUT2D eigenvalue weighted by Gasteiger charge is -2.31. The Morgan fingerprint density at radius 2 is 2.43 bits per heavy atom. The number of aliphatic hydroxyl groups excluding tert-OH is 1. The van der Waals surface area contributed by atoms with E-state index >= 15 is 0 Å². The molecular formula is C16H22N2O2S. The predicted octanol–water partition coefficient (Wildman–Crippen LogP) is 3.31. The molecule has 0 aliphatic carbocycles. The van der Waals surface area contributed by atoms with Crippen LogP contribution in [0.15, 0.2) is 21.9 Å². The number of hydrogen-bond donors (Lipinski definition) is 1. The van der Waals surface area contributed by atoms with Crippen LogP contribution in [0.25, 0.3) is 10.8 Å². The minimum absolute atomic E-state index is 0.296. The molecule has 3 heterocycles. The first-order valence-electron chi connectivity index (χ1n) is 7.59. The van der Waals surface area contributed by atoms with E-state index in [4.69, 9.17) is 9.52 Å². The minimum Gasteiger partial charge on any atom is -0.440 e. The van der Waals surface area contributed by atoms with E-state index < -0.39 is 0 Å². The van der Waals surface area contributed by atoms with E-state index in [-0.39, 0.29) is 0 Å². The van der Waals surface area contributed by atoms with Gasteiger partial charge in [0.15, 0.2) is 0 Å². The molecule has 4 nitrogen and oxygen atoms in total. The fraction of sp³-hybridized carbons (Fsp3) is 0.562. The Morgan fingerprint density at radius 3 is 3.19 bits per heavy atom. The second-order valence-corrected chi connectivity index (χ2v) is 6.70. The predicted molar refractivity (Wildman–Crippen MR) is 84.3 cm³/mol. The molecular weight excluding hydrogens is 284 g/mol.